The highest BCUT2D eigenvalue weighted by molar-refractivity contribution is 5.92. The molecule has 20 heavy (non-hydrogen) atoms. The molecule has 4 nitrogen and oxygen atoms in total. The molecule has 0 bridgehead atoms. The van der Waals surface area contributed by atoms with E-state index < -0.39 is 0 Å². The first kappa shape index (κ1) is 14.3. The maximum absolute atomic E-state index is 11.9. The van der Waals surface area contributed by atoms with Gasteiger partial charge in [-0.2, -0.15) is 0 Å². The molecule has 0 spiro atoms. The molecule has 2 N–H and O–H groups in total. The summed E-state index contributed by atoms with van der Waals surface area (Å²) in [5, 5.41) is 11.6. The minimum absolute atomic E-state index is 0.101. The SMILES string of the molecule is Cc1ccc(-c2ccc(C(=O)NC(C)CO)o2)c(C)c1. The Morgan fingerprint density at radius 3 is 2.70 bits per heavy atom. The van der Waals surface area contributed by atoms with Gasteiger partial charge in [0.1, 0.15) is 5.76 Å². The molecule has 1 heterocycles. The second-order valence-corrected chi connectivity index (χ2v) is 5.04. The van der Waals surface area contributed by atoms with Crippen molar-refractivity contribution < 1.29 is 14.3 Å². The van der Waals surface area contributed by atoms with Crippen LogP contribution in [-0.4, -0.2) is 23.7 Å². The summed E-state index contributed by atoms with van der Waals surface area (Å²) >= 11 is 0. The Morgan fingerprint density at radius 1 is 1.30 bits per heavy atom. The molecule has 1 unspecified atom stereocenters. The fourth-order valence-electron chi connectivity index (χ4n) is 2.04. The van der Waals surface area contributed by atoms with Crippen molar-refractivity contribution in [2.75, 3.05) is 6.61 Å². The highest BCUT2D eigenvalue weighted by atomic mass is 16.4. The van der Waals surface area contributed by atoms with Gasteiger partial charge in [0.2, 0.25) is 0 Å². The lowest BCUT2D eigenvalue weighted by atomic mass is 10.0. The van der Waals surface area contributed by atoms with Gasteiger partial charge in [0.25, 0.3) is 5.91 Å². The smallest absolute Gasteiger partial charge is 0.287 e. The van der Waals surface area contributed by atoms with E-state index in [0.29, 0.717) is 5.76 Å². The van der Waals surface area contributed by atoms with Crippen LogP contribution in [0.15, 0.2) is 34.7 Å². The number of carbonyl (C=O) groups excluding carboxylic acids is 1. The third-order valence-electron chi connectivity index (χ3n) is 3.13. The van der Waals surface area contributed by atoms with Crippen LogP contribution in [0.25, 0.3) is 11.3 Å². The molecule has 4 heteroatoms. The highest BCUT2D eigenvalue weighted by Gasteiger charge is 2.14. The Kier molecular flexibility index (Phi) is 4.25. The Hall–Kier alpha value is -2.07. The second kappa shape index (κ2) is 5.92. The van der Waals surface area contributed by atoms with E-state index in [9.17, 15) is 4.79 Å². The van der Waals surface area contributed by atoms with Crippen LogP contribution in [0, 0.1) is 13.8 Å². The topological polar surface area (TPSA) is 62.5 Å². The van der Waals surface area contributed by atoms with Gasteiger partial charge in [-0.25, -0.2) is 0 Å². The number of aliphatic hydroxyl groups is 1. The van der Waals surface area contributed by atoms with E-state index in [4.69, 9.17) is 9.52 Å². The van der Waals surface area contributed by atoms with Crippen LogP contribution in [0.3, 0.4) is 0 Å². The monoisotopic (exact) mass is 273 g/mol. The van der Waals surface area contributed by atoms with Gasteiger partial charge < -0.3 is 14.8 Å². The third kappa shape index (κ3) is 3.08. The Bertz CT molecular complexity index is 616. The minimum Gasteiger partial charge on any atom is -0.451 e. The molecular formula is C16H19NO3. The quantitative estimate of drug-likeness (QED) is 0.900. The van der Waals surface area contributed by atoms with Crippen molar-refractivity contribution >= 4 is 5.91 Å². The van der Waals surface area contributed by atoms with Crippen LogP contribution >= 0.6 is 0 Å². The molecule has 2 rings (SSSR count). The number of rotatable bonds is 4. The predicted octanol–water partition coefficient (Wildman–Crippen LogP) is 2.67. The van der Waals surface area contributed by atoms with Crippen molar-refractivity contribution in [2.45, 2.75) is 26.8 Å². The lowest BCUT2D eigenvalue weighted by Gasteiger charge is -2.08. The van der Waals surface area contributed by atoms with Crippen molar-refractivity contribution in [3.8, 4) is 11.3 Å². The molecule has 1 aromatic carbocycles. The maximum atomic E-state index is 11.9. The predicted molar refractivity (Wildman–Crippen MR) is 77.6 cm³/mol. The average Bonchev–Trinajstić information content (AvgIpc) is 2.88. The number of hydrogen-bond donors (Lipinski definition) is 2. The molecule has 0 fully saturated rings. The van der Waals surface area contributed by atoms with Crippen LogP contribution < -0.4 is 5.32 Å². The molecular weight excluding hydrogens is 254 g/mol. The molecule has 2 aromatic rings. The number of aryl methyl sites for hydroxylation is 2. The number of furan rings is 1. The van der Waals surface area contributed by atoms with Gasteiger partial charge in [0, 0.05) is 11.6 Å². The highest BCUT2D eigenvalue weighted by Crippen LogP contribution is 2.26. The first-order chi connectivity index (χ1) is 9.51. The van der Waals surface area contributed by atoms with Crippen LogP contribution in [0.5, 0.6) is 0 Å². The average molecular weight is 273 g/mol. The van der Waals surface area contributed by atoms with Gasteiger partial charge in [-0.3, -0.25) is 4.79 Å². The first-order valence-electron chi connectivity index (χ1n) is 6.60. The summed E-state index contributed by atoms with van der Waals surface area (Å²) in [4.78, 5) is 11.9. The molecule has 106 valence electrons. The van der Waals surface area contributed by atoms with E-state index in [1.54, 1.807) is 19.1 Å². The van der Waals surface area contributed by atoms with E-state index in [1.807, 2.05) is 26.0 Å². The van der Waals surface area contributed by atoms with Crippen LogP contribution in [0.4, 0.5) is 0 Å². The summed E-state index contributed by atoms with van der Waals surface area (Å²) in [6, 6.07) is 9.22. The van der Waals surface area contributed by atoms with Crippen LogP contribution in [0.1, 0.15) is 28.6 Å². The minimum atomic E-state index is -0.317. The number of benzene rings is 1. The summed E-state index contributed by atoms with van der Waals surface area (Å²) < 4.78 is 5.60. The Labute approximate surface area is 118 Å². The molecule has 0 aliphatic rings. The molecule has 0 radical (unpaired) electrons. The van der Waals surface area contributed by atoms with Crippen molar-refractivity contribution in [3.63, 3.8) is 0 Å². The van der Waals surface area contributed by atoms with E-state index in [2.05, 4.69) is 11.4 Å². The standard InChI is InChI=1S/C16H19NO3/c1-10-4-5-13(11(2)8-10)14-6-7-15(20-14)16(19)17-12(3)9-18/h4-8,12,18H,9H2,1-3H3,(H,17,19). The van der Waals surface area contributed by atoms with Crippen LogP contribution in [0.2, 0.25) is 0 Å². The molecule has 1 aromatic heterocycles. The number of amides is 1. The van der Waals surface area contributed by atoms with E-state index >= 15 is 0 Å². The molecule has 1 amide bonds. The zero-order valence-corrected chi connectivity index (χ0v) is 11.9. The van der Waals surface area contributed by atoms with Gasteiger partial charge in [0.05, 0.1) is 6.61 Å². The second-order valence-electron chi connectivity index (χ2n) is 5.04. The third-order valence-corrected chi connectivity index (χ3v) is 3.13. The largest absolute Gasteiger partial charge is 0.451 e. The maximum Gasteiger partial charge on any atom is 0.287 e. The lowest BCUT2D eigenvalue weighted by molar-refractivity contribution is 0.0895. The van der Waals surface area contributed by atoms with E-state index in [0.717, 1.165) is 11.1 Å². The van der Waals surface area contributed by atoms with E-state index in [-0.39, 0.29) is 24.3 Å². The molecule has 0 aliphatic carbocycles. The zero-order valence-electron chi connectivity index (χ0n) is 11.9. The molecule has 0 saturated heterocycles. The van der Waals surface area contributed by atoms with Crippen molar-refractivity contribution in [1.29, 1.82) is 0 Å². The van der Waals surface area contributed by atoms with Crippen molar-refractivity contribution in [1.82, 2.24) is 5.32 Å². The molecule has 0 saturated carbocycles. The van der Waals surface area contributed by atoms with Crippen molar-refractivity contribution in [3.05, 3.63) is 47.2 Å². The number of hydrogen-bond acceptors (Lipinski definition) is 3. The Morgan fingerprint density at radius 2 is 2.05 bits per heavy atom. The normalized spacial score (nSPS) is 12.2. The summed E-state index contributed by atoms with van der Waals surface area (Å²) in [6.45, 7) is 5.68. The van der Waals surface area contributed by atoms with Crippen molar-refractivity contribution in [2.24, 2.45) is 0 Å². The number of carbonyl (C=O) groups is 1. The molecule has 0 aliphatic heterocycles. The zero-order chi connectivity index (χ0) is 14.7. The summed E-state index contributed by atoms with van der Waals surface area (Å²) in [5.41, 5.74) is 3.27. The van der Waals surface area contributed by atoms with Gasteiger partial charge in [0.15, 0.2) is 5.76 Å². The fourth-order valence-corrected chi connectivity index (χ4v) is 2.04. The van der Waals surface area contributed by atoms with Gasteiger partial charge in [-0.1, -0.05) is 23.8 Å². The molecule has 1 atom stereocenters. The summed E-state index contributed by atoms with van der Waals surface area (Å²) in [5.74, 6) is 0.604. The summed E-state index contributed by atoms with van der Waals surface area (Å²) in [7, 11) is 0. The summed E-state index contributed by atoms with van der Waals surface area (Å²) in [6.07, 6.45) is 0. The Balaban J connectivity index is 2.22. The van der Waals surface area contributed by atoms with E-state index in [1.165, 1.54) is 5.56 Å². The lowest BCUT2D eigenvalue weighted by Crippen LogP contribution is -2.34. The van der Waals surface area contributed by atoms with Crippen LogP contribution in [-0.2, 0) is 0 Å². The van der Waals surface area contributed by atoms with Gasteiger partial charge in [-0.15, -0.1) is 0 Å². The first-order valence-corrected chi connectivity index (χ1v) is 6.60. The van der Waals surface area contributed by atoms with Gasteiger partial charge in [-0.05, 0) is 38.5 Å². The fraction of sp³-hybridized carbons (Fsp3) is 0.312. The number of aliphatic hydroxyl groups excluding tert-OH is 1. The number of nitrogens with one attached hydrogen (secondary N) is 1. The van der Waals surface area contributed by atoms with Gasteiger partial charge >= 0.3 is 0 Å².